The second kappa shape index (κ2) is 11.0. The van der Waals surface area contributed by atoms with Crippen LogP contribution in [0.25, 0.3) is 0 Å². The second-order valence-corrected chi connectivity index (χ2v) is 7.11. The summed E-state index contributed by atoms with van der Waals surface area (Å²) in [6.45, 7) is 4.37. The summed E-state index contributed by atoms with van der Waals surface area (Å²) in [4.78, 5) is 14.1. The van der Waals surface area contributed by atoms with Crippen molar-refractivity contribution in [3.8, 4) is 0 Å². The van der Waals surface area contributed by atoms with E-state index < -0.39 is 0 Å². The zero-order valence-electron chi connectivity index (χ0n) is 15.6. The minimum Gasteiger partial charge on any atom is -0.352 e. The van der Waals surface area contributed by atoms with Gasteiger partial charge in [-0.15, -0.1) is 35.3 Å². The molecule has 0 spiro atoms. The first-order valence-electron chi connectivity index (χ1n) is 8.68. The molecule has 1 aromatic carbocycles. The minimum absolute atomic E-state index is 0. The number of halogens is 1. The lowest BCUT2D eigenvalue weighted by Crippen LogP contribution is -2.36. The molecule has 3 aromatic rings. The van der Waals surface area contributed by atoms with Gasteiger partial charge in [-0.25, -0.2) is 9.97 Å². The number of aryl methyl sites for hydroxylation is 1. The van der Waals surface area contributed by atoms with E-state index in [0.717, 1.165) is 30.5 Å². The number of hydrogen-bond donors (Lipinski definition) is 2. The number of thiazole rings is 1. The lowest BCUT2D eigenvalue weighted by Gasteiger charge is -2.12. The van der Waals surface area contributed by atoms with Gasteiger partial charge in [0.15, 0.2) is 5.96 Å². The van der Waals surface area contributed by atoms with Crippen molar-refractivity contribution in [3.63, 3.8) is 0 Å². The van der Waals surface area contributed by atoms with Gasteiger partial charge in [0.1, 0.15) is 5.01 Å². The largest absolute Gasteiger partial charge is 0.352 e. The molecule has 144 valence electrons. The van der Waals surface area contributed by atoms with Gasteiger partial charge in [0.05, 0.1) is 12.9 Å². The van der Waals surface area contributed by atoms with Crippen LogP contribution in [0.15, 0.2) is 54.2 Å². The topological polar surface area (TPSA) is 67.1 Å². The maximum absolute atomic E-state index is 4.42. The zero-order valence-corrected chi connectivity index (χ0v) is 18.7. The van der Waals surface area contributed by atoms with Crippen LogP contribution in [0.4, 0.5) is 0 Å². The number of benzene rings is 1. The number of guanidine groups is 1. The van der Waals surface area contributed by atoms with Crippen LogP contribution in [-0.4, -0.2) is 27.5 Å². The van der Waals surface area contributed by atoms with Gasteiger partial charge in [-0.3, -0.25) is 4.99 Å². The lowest BCUT2D eigenvalue weighted by molar-refractivity contribution is 0.786. The Kier molecular flexibility index (Phi) is 8.73. The minimum atomic E-state index is 0. The molecule has 8 heteroatoms. The highest BCUT2D eigenvalue weighted by atomic mass is 127. The number of aromatic nitrogens is 3. The maximum Gasteiger partial charge on any atom is 0.191 e. The zero-order chi connectivity index (χ0) is 18.2. The van der Waals surface area contributed by atoms with E-state index in [1.807, 2.05) is 18.7 Å². The molecule has 2 N–H and O–H groups in total. The molecule has 0 amide bonds. The predicted molar refractivity (Wildman–Crippen MR) is 122 cm³/mol. The summed E-state index contributed by atoms with van der Waals surface area (Å²) in [5.74, 6) is 0.776. The van der Waals surface area contributed by atoms with Crippen LogP contribution in [0.1, 0.15) is 27.9 Å². The Labute approximate surface area is 181 Å². The van der Waals surface area contributed by atoms with E-state index in [1.165, 1.54) is 16.0 Å². The number of nitrogens with one attached hydrogen (secondary N) is 2. The molecule has 0 radical (unpaired) electrons. The molecule has 27 heavy (non-hydrogen) atoms. The third-order valence-corrected chi connectivity index (χ3v) is 5.10. The van der Waals surface area contributed by atoms with Crippen molar-refractivity contribution in [3.05, 3.63) is 70.2 Å². The molecule has 0 unspecified atom stereocenters. The van der Waals surface area contributed by atoms with Crippen molar-refractivity contribution in [2.24, 2.45) is 4.99 Å². The van der Waals surface area contributed by atoms with Crippen molar-refractivity contribution in [2.75, 3.05) is 7.05 Å². The van der Waals surface area contributed by atoms with Crippen LogP contribution in [0.3, 0.4) is 0 Å². The van der Waals surface area contributed by atoms with E-state index in [9.17, 15) is 0 Å². The smallest absolute Gasteiger partial charge is 0.191 e. The SMILES string of the molecule is CCc1cnc(CNC(=NC)NCc2cccc(Cn3ccnc3)c2)s1.I. The van der Waals surface area contributed by atoms with E-state index in [0.29, 0.717) is 6.54 Å². The fourth-order valence-corrected chi connectivity index (χ4v) is 3.39. The first-order chi connectivity index (χ1) is 12.8. The van der Waals surface area contributed by atoms with Crippen molar-refractivity contribution in [1.82, 2.24) is 25.2 Å². The molecular weight excluding hydrogens is 471 g/mol. The van der Waals surface area contributed by atoms with E-state index in [-0.39, 0.29) is 24.0 Å². The van der Waals surface area contributed by atoms with Crippen LogP contribution in [0.2, 0.25) is 0 Å². The van der Waals surface area contributed by atoms with Gasteiger partial charge >= 0.3 is 0 Å². The fraction of sp³-hybridized carbons (Fsp3) is 0.316. The van der Waals surface area contributed by atoms with Crippen LogP contribution in [-0.2, 0) is 26.1 Å². The molecule has 6 nitrogen and oxygen atoms in total. The first kappa shape index (κ1) is 21.4. The number of hydrogen-bond acceptors (Lipinski definition) is 4. The van der Waals surface area contributed by atoms with E-state index in [2.05, 4.69) is 61.4 Å². The van der Waals surface area contributed by atoms with Gasteiger partial charge in [0.2, 0.25) is 0 Å². The van der Waals surface area contributed by atoms with Gasteiger partial charge in [0.25, 0.3) is 0 Å². The van der Waals surface area contributed by atoms with Crippen molar-refractivity contribution in [1.29, 1.82) is 0 Å². The Morgan fingerprint density at radius 3 is 2.74 bits per heavy atom. The Morgan fingerprint density at radius 1 is 1.22 bits per heavy atom. The van der Waals surface area contributed by atoms with Crippen LogP contribution < -0.4 is 10.6 Å². The lowest BCUT2D eigenvalue weighted by atomic mass is 10.1. The average Bonchev–Trinajstić information content (AvgIpc) is 3.34. The molecule has 3 rings (SSSR count). The van der Waals surface area contributed by atoms with Gasteiger partial charge in [-0.1, -0.05) is 31.2 Å². The Bertz CT molecular complexity index is 844. The molecule has 0 bridgehead atoms. The fourth-order valence-electron chi connectivity index (χ4n) is 2.59. The van der Waals surface area contributed by atoms with E-state index in [1.54, 1.807) is 24.6 Å². The van der Waals surface area contributed by atoms with Gasteiger partial charge < -0.3 is 15.2 Å². The number of imidazole rings is 1. The summed E-state index contributed by atoms with van der Waals surface area (Å²) in [5.41, 5.74) is 2.47. The van der Waals surface area contributed by atoms with Crippen molar-refractivity contribution < 1.29 is 0 Å². The van der Waals surface area contributed by atoms with E-state index in [4.69, 9.17) is 0 Å². The summed E-state index contributed by atoms with van der Waals surface area (Å²) in [6.07, 6.45) is 8.58. The monoisotopic (exact) mass is 496 g/mol. The average molecular weight is 496 g/mol. The van der Waals surface area contributed by atoms with Gasteiger partial charge in [-0.05, 0) is 17.5 Å². The summed E-state index contributed by atoms with van der Waals surface area (Å²) in [7, 11) is 1.78. The summed E-state index contributed by atoms with van der Waals surface area (Å²) < 4.78 is 2.06. The highest BCUT2D eigenvalue weighted by Gasteiger charge is 2.03. The molecule has 0 saturated carbocycles. The summed E-state index contributed by atoms with van der Waals surface area (Å²) in [6, 6.07) is 8.53. The summed E-state index contributed by atoms with van der Waals surface area (Å²) in [5, 5.41) is 7.75. The number of nitrogens with zero attached hydrogens (tertiary/aromatic N) is 4. The normalized spacial score (nSPS) is 11.1. The van der Waals surface area contributed by atoms with Crippen LogP contribution in [0, 0.1) is 0 Å². The molecular formula is C19H25IN6S. The Hall–Kier alpha value is -1.94. The van der Waals surface area contributed by atoms with E-state index >= 15 is 0 Å². The third-order valence-electron chi connectivity index (χ3n) is 3.96. The predicted octanol–water partition coefficient (Wildman–Crippen LogP) is 3.43. The quantitative estimate of drug-likeness (QED) is 0.299. The molecule has 0 aliphatic carbocycles. The Balaban J connectivity index is 0.00000261. The molecule has 2 aromatic heterocycles. The summed E-state index contributed by atoms with van der Waals surface area (Å²) >= 11 is 1.74. The Morgan fingerprint density at radius 2 is 2.04 bits per heavy atom. The van der Waals surface area contributed by atoms with Gasteiger partial charge in [-0.2, -0.15) is 0 Å². The van der Waals surface area contributed by atoms with Crippen molar-refractivity contribution in [2.45, 2.75) is 33.0 Å². The molecule has 2 heterocycles. The molecule has 0 aliphatic heterocycles. The van der Waals surface area contributed by atoms with Crippen LogP contribution >= 0.6 is 35.3 Å². The second-order valence-electron chi connectivity index (χ2n) is 5.91. The molecule has 0 aliphatic rings. The van der Waals surface area contributed by atoms with Gasteiger partial charge in [0, 0.05) is 43.6 Å². The highest BCUT2D eigenvalue weighted by molar-refractivity contribution is 14.0. The maximum atomic E-state index is 4.42. The number of rotatable bonds is 7. The number of aliphatic imine (C=N–C) groups is 1. The third kappa shape index (κ3) is 6.62. The molecule has 0 atom stereocenters. The standard InChI is InChI=1S/C19H24N6S.HI/c1-3-17-11-22-18(26-17)12-24-19(20-2)23-10-15-5-4-6-16(9-15)13-25-8-7-21-14-25;/h4-9,11,14H,3,10,12-13H2,1-2H3,(H2,20,23,24);1H. The molecule has 0 saturated heterocycles. The highest BCUT2D eigenvalue weighted by Crippen LogP contribution is 2.12. The molecule has 0 fully saturated rings. The van der Waals surface area contributed by atoms with Crippen molar-refractivity contribution >= 4 is 41.3 Å². The van der Waals surface area contributed by atoms with Crippen LogP contribution in [0.5, 0.6) is 0 Å². The first-order valence-corrected chi connectivity index (χ1v) is 9.50.